The zero-order valence-corrected chi connectivity index (χ0v) is 19.2. The topological polar surface area (TPSA) is 98.7 Å². The highest BCUT2D eigenvalue weighted by Gasteiger charge is 2.14. The fourth-order valence-electron chi connectivity index (χ4n) is 4.14. The summed E-state index contributed by atoms with van der Waals surface area (Å²) in [6.07, 6.45) is 5.84. The van der Waals surface area contributed by atoms with E-state index >= 15 is 0 Å². The molecule has 6 N–H and O–H groups in total. The molecule has 0 saturated heterocycles. The van der Waals surface area contributed by atoms with Crippen molar-refractivity contribution in [2.45, 2.75) is 51.0 Å². The fraction of sp³-hybridized carbons (Fsp3) is 0.357. The van der Waals surface area contributed by atoms with Gasteiger partial charge in [0.25, 0.3) is 0 Å². The minimum atomic E-state index is -0.101. The summed E-state index contributed by atoms with van der Waals surface area (Å²) >= 11 is 0. The van der Waals surface area contributed by atoms with Crippen LogP contribution in [0, 0.1) is 0 Å². The molecule has 0 saturated carbocycles. The van der Waals surface area contributed by atoms with Gasteiger partial charge in [-0.25, -0.2) is 0 Å². The van der Waals surface area contributed by atoms with Crippen molar-refractivity contribution in [1.29, 1.82) is 0 Å². The number of phenolic OH excluding ortho intramolecular Hbond substituents is 3. The van der Waals surface area contributed by atoms with E-state index in [0.717, 1.165) is 61.9 Å². The van der Waals surface area contributed by atoms with Gasteiger partial charge in [0.15, 0.2) is 11.5 Å². The molecule has 176 valence electrons. The first kappa shape index (κ1) is 24.6. The zero-order chi connectivity index (χ0) is 23.5. The zero-order valence-electron chi connectivity index (χ0n) is 19.2. The van der Waals surface area contributed by atoms with Crippen molar-refractivity contribution in [2.24, 2.45) is 5.73 Å². The molecule has 0 heterocycles. The molecule has 0 bridgehead atoms. The number of nitrogens with one attached hydrogen (secondary N) is 1. The van der Waals surface area contributed by atoms with Gasteiger partial charge in [0.05, 0.1) is 0 Å². The predicted octanol–water partition coefficient (Wildman–Crippen LogP) is 4.46. The number of nitrogens with two attached hydrogens (primary N) is 1. The van der Waals surface area contributed by atoms with E-state index in [1.54, 1.807) is 18.2 Å². The van der Waals surface area contributed by atoms with E-state index in [0.29, 0.717) is 12.8 Å². The number of benzene rings is 3. The van der Waals surface area contributed by atoms with Gasteiger partial charge in [-0.3, -0.25) is 0 Å². The highest BCUT2D eigenvalue weighted by molar-refractivity contribution is 5.49. The molecule has 0 amide bonds. The maximum atomic E-state index is 10.4. The second kappa shape index (κ2) is 12.9. The van der Waals surface area contributed by atoms with Crippen LogP contribution in [0.2, 0.25) is 0 Å². The minimum Gasteiger partial charge on any atom is -0.508 e. The molecule has 0 aromatic heterocycles. The van der Waals surface area contributed by atoms with Crippen LogP contribution in [-0.2, 0) is 25.7 Å². The van der Waals surface area contributed by atoms with Gasteiger partial charge in [-0.15, -0.1) is 0 Å². The first-order chi connectivity index (χ1) is 16.0. The summed E-state index contributed by atoms with van der Waals surface area (Å²) in [6.45, 7) is 1.92. The molecule has 0 aliphatic carbocycles. The Bertz CT molecular complexity index is 992. The Hall–Kier alpha value is -3.02. The van der Waals surface area contributed by atoms with Crippen LogP contribution in [0.15, 0.2) is 66.7 Å². The molecule has 5 nitrogen and oxygen atoms in total. The Morgan fingerprint density at radius 1 is 0.727 bits per heavy atom. The van der Waals surface area contributed by atoms with Crippen LogP contribution in [0.3, 0.4) is 0 Å². The number of rotatable bonds is 13. The minimum absolute atomic E-state index is 0.0520. The summed E-state index contributed by atoms with van der Waals surface area (Å²) in [5, 5.41) is 33.6. The van der Waals surface area contributed by atoms with Crippen LogP contribution in [0.1, 0.15) is 41.5 Å². The van der Waals surface area contributed by atoms with Crippen LogP contribution < -0.4 is 11.1 Å². The Kier molecular flexibility index (Phi) is 9.60. The lowest BCUT2D eigenvalue weighted by Crippen LogP contribution is -2.24. The van der Waals surface area contributed by atoms with E-state index in [-0.39, 0.29) is 23.3 Å². The first-order valence-corrected chi connectivity index (χ1v) is 11.8. The van der Waals surface area contributed by atoms with Crippen molar-refractivity contribution in [2.75, 3.05) is 13.1 Å². The number of aromatic hydroxyl groups is 3. The van der Waals surface area contributed by atoms with Crippen molar-refractivity contribution in [1.82, 2.24) is 5.32 Å². The van der Waals surface area contributed by atoms with Crippen molar-refractivity contribution in [3.63, 3.8) is 0 Å². The lowest BCUT2D eigenvalue weighted by atomic mass is 9.93. The molecule has 0 aliphatic heterocycles. The smallest absolute Gasteiger partial charge is 0.160 e. The van der Waals surface area contributed by atoms with Crippen molar-refractivity contribution >= 4 is 0 Å². The van der Waals surface area contributed by atoms with Crippen molar-refractivity contribution < 1.29 is 15.3 Å². The Balaban J connectivity index is 1.42. The molecule has 33 heavy (non-hydrogen) atoms. The molecule has 0 aliphatic rings. The Labute approximate surface area is 196 Å². The Morgan fingerprint density at radius 2 is 1.52 bits per heavy atom. The molecule has 3 rings (SSSR count). The predicted molar refractivity (Wildman–Crippen MR) is 134 cm³/mol. The van der Waals surface area contributed by atoms with E-state index in [2.05, 4.69) is 29.6 Å². The van der Waals surface area contributed by atoms with Gasteiger partial charge < -0.3 is 26.4 Å². The van der Waals surface area contributed by atoms with Gasteiger partial charge >= 0.3 is 0 Å². The van der Waals surface area contributed by atoms with E-state index in [1.807, 2.05) is 24.3 Å². The molecule has 3 aromatic carbocycles. The summed E-state index contributed by atoms with van der Waals surface area (Å²) in [5.41, 5.74) is 10.5. The molecular formula is C28H36N2O3. The molecule has 3 aromatic rings. The molecular weight excluding hydrogens is 412 g/mol. The third-order valence-corrected chi connectivity index (χ3v) is 6.08. The SMILES string of the molecule is NC(CCCNCCc1ccccc1)CCc1ccc(O)c(O)c1CCc1cccc(O)c1. The monoisotopic (exact) mass is 448 g/mol. The molecule has 0 spiro atoms. The van der Waals surface area contributed by atoms with Gasteiger partial charge in [-0.2, -0.15) is 0 Å². The number of hydrogen-bond acceptors (Lipinski definition) is 5. The van der Waals surface area contributed by atoms with Gasteiger partial charge in [-0.1, -0.05) is 48.5 Å². The second-order valence-corrected chi connectivity index (χ2v) is 8.67. The highest BCUT2D eigenvalue weighted by Crippen LogP contribution is 2.33. The summed E-state index contributed by atoms with van der Waals surface area (Å²) in [4.78, 5) is 0. The van der Waals surface area contributed by atoms with Crippen molar-refractivity contribution in [3.8, 4) is 17.2 Å². The van der Waals surface area contributed by atoms with Crippen LogP contribution in [0.5, 0.6) is 17.2 Å². The average molecular weight is 449 g/mol. The molecule has 1 unspecified atom stereocenters. The molecule has 0 fully saturated rings. The first-order valence-electron chi connectivity index (χ1n) is 11.8. The van der Waals surface area contributed by atoms with Crippen LogP contribution in [-0.4, -0.2) is 34.5 Å². The summed E-state index contributed by atoms with van der Waals surface area (Å²) in [5.74, 6) is 0.0766. The van der Waals surface area contributed by atoms with E-state index < -0.39 is 0 Å². The fourth-order valence-corrected chi connectivity index (χ4v) is 4.14. The quantitative estimate of drug-likeness (QED) is 0.196. The van der Waals surface area contributed by atoms with Crippen molar-refractivity contribution in [3.05, 3.63) is 89.0 Å². The third kappa shape index (κ3) is 8.12. The van der Waals surface area contributed by atoms with Crippen LogP contribution >= 0.6 is 0 Å². The van der Waals surface area contributed by atoms with Gasteiger partial charge in [0.1, 0.15) is 5.75 Å². The normalized spacial score (nSPS) is 12.0. The molecule has 5 heteroatoms. The van der Waals surface area contributed by atoms with Crippen LogP contribution in [0.4, 0.5) is 0 Å². The summed E-state index contributed by atoms with van der Waals surface area (Å²) < 4.78 is 0. The van der Waals surface area contributed by atoms with Crippen LogP contribution in [0.25, 0.3) is 0 Å². The third-order valence-electron chi connectivity index (χ3n) is 6.08. The summed E-state index contributed by atoms with van der Waals surface area (Å²) in [6, 6.07) is 21.1. The van der Waals surface area contributed by atoms with Gasteiger partial charge in [-0.05, 0) is 92.9 Å². The van der Waals surface area contributed by atoms with Gasteiger partial charge in [0, 0.05) is 11.6 Å². The lowest BCUT2D eigenvalue weighted by molar-refractivity contribution is 0.398. The van der Waals surface area contributed by atoms with E-state index in [9.17, 15) is 15.3 Å². The number of aryl methyl sites for hydroxylation is 2. The standard InChI is InChI=1S/C28H36N2O3/c29-24(9-5-18-30-19-17-21-6-2-1-3-7-21)14-12-23-13-16-27(32)28(33)26(23)15-11-22-8-4-10-25(31)20-22/h1-4,6-8,10,13,16,20,24,30-33H,5,9,11-12,14-15,17-19,29H2. The largest absolute Gasteiger partial charge is 0.508 e. The summed E-state index contributed by atoms with van der Waals surface area (Å²) in [7, 11) is 0. The average Bonchev–Trinajstić information content (AvgIpc) is 2.82. The number of phenols is 3. The molecule has 1 atom stereocenters. The number of hydrogen-bond donors (Lipinski definition) is 5. The highest BCUT2D eigenvalue weighted by atomic mass is 16.3. The lowest BCUT2D eigenvalue weighted by Gasteiger charge is -2.16. The second-order valence-electron chi connectivity index (χ2n) is 8.67. The maximum absolute atomic E-state index is 10.4. The van der Waals surface area contributed by atoms with E-state index in [1.165, 1.54) is 5.56 Å². The Morgan fingerprint density at radius 3 is 2.30 bits per heavy atom. The van der Waals surface area contributed by atoms with Gasteiger partial charge in [0.2, 0.25) is 0 Å². The molecule has 0 radical (unpaired) electrons. The van der Waals surface area contributed by atoms with E-state index in [4.69, 9.17) is 5.73 Å². The maximum Gasteiger partial charge on any atom is 0.160 e.